The highest BCUT2D eigenvalue weighted by atomic mass is 19.4. The Bertz CT molecular complexity index is 827. The number of alkyl halides is 3. The van der Waals surface area contributed by atoms with Crippen LogP contribution in [0.25, 0.3) is 12.2 Å². The molecule has 2 unspecified atom stereocenters. The van der Waals surface area contributed by atoms with Crippen LogP contribution in [0.1, 0.15) is 28.7 Å². The molecule has 0 bridgehead atoms. The molecule has 0 spiro atoms. The first-order valence-electron chi connectivity index (χ1n) is 7.31. The molecule has 0 saturated carbocycles. The van der Waals surface area contributed by atoms with E-state index in [9.17, 15) is 13.2 Å². The summed E-state index contributed by atoms with van der Waals surface area (Å²) in [5.41, 5.74) is 9.05. The second-order valence-electron chi connectivity index (χ2n) is 5.30. The van der Waals surface area contributed by atoms with Gasteiger partial charge in [0.05, 0.1) is 12.1 Å². The fourth-order valence-electron chi connectivity index (χ4n) is 2.39. The maximum absolute atomic E-state index is 12.7. The maximum atomic E-state index is 12.7. The predicted molar refractivity (Wildman–Crippen MR) is 84.0 cm³/mol. The van der Waals surface area contributed by atoms with Gasteiger partial charge >= 0.3 is 6.18 Å². The van der Waals surface area contributed by atoms with E-state index in [4.69, 9.17) is 5.26 Å². The van der Waals surface area contributed by atoms with Gasteiger partial charge in [-0.3, -0.25) is 0 Å². The van der Waals surface area contributed by atoms with Gasteiger partial charge < -0.3 is 0 Å². The lowest BCUT2D eigenvalue weighted by Gasteiger charge is -2.12. The monoisotopic (exact) mass is 346 g/mol. The Morgan fingerprint density at radius 1 is 1.16 bits per heavy atom. The molecule has 0 radical (unpaired) electrons. The quantitative estimate of drug-likeness (QED) is 0.790. The molecule has 1 fully saturated rings. The summed E-state index contributed by atoms with van der Waals surface area (Å²) in [6.45, 7) is 0. The number of hydrazine groups is 2. The van der Waals surface area contributed by atoms with Crippen LogP contribution in [0.4, 0.5) is 13.2 Å². The van der Waals surface area contributed by atoms with Crippen LogP contribution in [-0.4, -0.2) is 16.0 Å². The largest absolute Gasteiger partial charge is 0.433 e. The summed E-state index contributed by atoms with van der Waals surface area (Å²) in [4.78, 5) is 7.31. The molecule has 0 aliphatic carbocycles. The second kappa shape index (κ2) is 6.98. The summed E-state index contributed by atoms with van der Waals surface area (Å²) < 4.78 is 38.0. The van der Waals surface area contributed by atoms with Gasteiger partial charge in [0.2, 0.25) is 0 Å². The third kappa shape index (κ3) is 4.00. The first-order chi connectivity index (χ1) is 12.0. The highest BCUT2D eigenvalue weighted by molar-refractivity contribution is 5.67. The number of benzene rings is 1. The lowest BCUT2D eigenvalue weighted by Crippen LogP contribution is -2.32. The van der Waals surface area contributed by atoms with Crippen LogP contribution in [0.15, 0.2) is 36.5 Å². The minimum atomic E-state index is -4.51. The minimum absolute atomic E-state index is 0.0301. The van der Waals surface area contributed by atoms with Crippen molar-refractivity contribution < 1.29 is 13.2 Å². The van der Waals surface area contributed by atoms with E-state index >= 15 is 0 Å². The Balaban J connectivity index is 1.81. The van der Waals surface area contributed by atoms with Crippen molar-refractivity contribution in [1.29, 1.82) is 5.26 Å². The number of aromatic nitrogens is 2. The van der Waals surface area contributed by atoms with Crippen molar-refractivity contribution in [2.24, 2.45) is 0 Å². The first kappa shape index (κ1) is 17.0. The molecule has 1 aliphatic rings. The van der Waals surface area contributed by atoms with E-state index < -0.39 is 17.9 Å². The lowest BCUT2D eigenvalue weighted by atomic mass is 9.99. The summed E-state index contributed by atoms with van der Waals surface area (Å²) in [5, 5.41) is 9.10. The molecular formula is C16H13F3N6. The molecule has 128 valence electrons. The molecule has 1 saturated heterocycles. The van der Waals surface area contributed by atoms with Crippen LogP contribution >= 0.6 is 0 Å². The van der Waals surface area contributed by atoms with Crippen molar-refractivity contribution in [3.8, 4) is 6.07 Å². The Hall–Kier alpha value is -2.80. The fourth-order valence-corrected chi connectivity index (χ4v) is 2.39. The molecule has 1 aliphatic heterocycles. The van der Waals surface area contributed by atoms with Crippen LogP contribution in [0.5, 0.6) is 0 Å². The SMILES string of the molecule is N#CC1NNNC1c1cccc(/C=C/c2nccc(C(F)(F)F)n2)c1. The van der Waals surface area contributed by atoms with E-state index in [1.165, 1.54) is 6.08 Å². The number of hydrogen-bond donors (Lipinski definition) is 3. The van der Waals surface area contributed by atoms with Crippen molar-refractivity contribution in [2.75, 3.05) is 0 Å². The number of nitrogens with one attached hydrogen (secondary N) is 3. The Morgan fingerprint density at radius 3 is 2.76 bits per heavy atom. The van der Waals surface area contributed by atoms with Crippen molar-refractivity contribution >= 4 is 12.2 Å². The summed E-state index contributed by atoms with van der Waals surface area (Å²) in [6.07, 6.45) is -0.403. The Kier molecular flexibility index (Phi) is 4.76. The number of halogens is 3. The second-order valence-corrected chi connectivity index (χ2v) is 5.30. The summed E-state index contributed by atoms with van der Waals surface area (Å²) in [7, 11) is 0. The van der Waals surface area contributed by atoms with Gasteiger partial charge in [0.15, 0.2) is 5.82 Å². The topological polar surface area (TPSA) is 85.7 Å². The average molecular weight is 346 g/mol. The molecule has 0 amide bonds. The smallest absolute Gasteiger partial charge is 0.237 e. The van der Waals surface area contributed by atoms with E-state index in [2.05, 4.69) is 32.4 Å². The summed E-state index contributed by atoms with van der Waals surface area (Å²) in [6, 6.07) is 9.56. The van der Waals surface area contributed by atoms with Crippen LogP contribution in [0.2, 0.25) is 0 Å². The molecule has 2 heterocycles. The van der Waals surface area contributed by atoms with Crippen LogP contribution in [-0.2, 0) is 6.18 Å². The molecule has 2 aromatic rings. The molecule has 2 atom stereocenters. The standard InChI is InChI=1S/C16H13F3N6/c17-16(18,19)13-6-7-21-14(22-13)5-4-10-2-1-3-11(8-10)15-12(9-20)23-25-24-15/h1-8,12,15,23-25H/b5-4+. The number of nitriles is 1. The van der Waals surface area contributed by atoms with E-state index in [1.54, 1.807) is 18.2 Å². The normalized spacial score (nSPS) is 20.7. The van der Waals surface area contributed by atoms with Crippen molar-refractivity contribution in [3.05, 3.63) is 59.2 Å². The molecule has 25 heavy (non-hydrogen) atoms. The molecule has 1 aromatic heterocycles. The van der Waals surface area contributed by atoms with Crippen LogP contribution in [0, 0.1) is 11.3 Å². The van der Waals surface area contributed by atoms with E-state index in [-0.39, 0.29) is 11.9 Å². The Morgan fingerprint density at radius 2 is 2.00 bits per heavy atom. The number of hydrogen-bond acceptors (Lipinski definition) is 6. The molecule has 3 N–H and O–H groups in total. The minimum Gasteiger partial charge on any atom is -0.237 e. The van der Waals surface area contributed by atoms with Gasteiger partial charge in [-0.15, -0.1) is 0 Å². The zero-order chi connectivity index (χ0) is 17.9. The van der Waals surface area contributed by atoms with Gasteiger partial charge in [-0.05, 0) is 23.3 Å². The first-order valence-corrected chi connectivity index (χ1v) is 7.31. The van der Waals surface area contributed by atoms with Crippen LogP contribution in [0.3, 0.4) is 0 Å². The zero-order valence-electron chi connectivity index (χ0n) is 12.7. The van der Waals surface area contributed by atoms with Gasteiger partial charge in [0.25, 0.3) is 0 Å². The van der Waals surface area contributed by atoms with Gasteiger partial charge in [-0.25, -0.2) is 20.8 Å². The highest BCUT2D eigenvalue weighted by Crippen LogP contribution is 2.27. The maximum Gasteiger partial charge on any atom is 0.433 e. The molecular weight excluding hydrogens is 333 g/mol. The highest BCUT2D eigenvalue weighted by Gasteiger charge is 2.32. The van der Waals surface area contributed by atoms with Gasteiger partial charge in [0.1, 0.15) is 11.7 Å². The molecule has 3 rings (SSSR count). The third-order valence-corrected chi connectivity index (χ3v) is 3.59. The summed E-state index contributed by atoms with van der Waals surface area (Å²) in [5.74, 6) is -0.0301. The number of nitrogens with zero attached hydrogens (tertiary/aromatic N) is 3. The summed E-state index contributed by atoms with van der Waals surface area (Å²) >= 11 is 0. The average Bonchev–Trinajstić information content (AvgIpc) is 3.08. The molecule has 9 heteroatoms. The fraction of sp³-hybridized carbons (Fsp3) is 0.188. The van der Waals surface area contributed by atoms with Crippen molar-refractivity contribution in [1.82, 2.24) is 26.4 Å². The van der Waals surface area contributed by atoms with E-state index in [0.717, 1.165) is 23.4 Å². The lowest BCUT2D eigenvalue weighted by molar-refractivity contribution is -0.141. The molecule has 6 nitrogen and oxygen atoms in total. The van der Waals surface area contributed by atoms with Gasteiger partial charge in [-0.2, -0.15) is 24.0 Å². The molecule has 1 aromatic carbocycles. The van der Waals surface area contributed by atoms with Crippen LogP contribution < -0.4 is 16.4 Å². The Labute approximate surface area is 141 Å². The zero-order valence-corrected chi connectivity index (χ0v) is 12.7. The van der Waals surface area contributed by atoms with Gasteiger partial charge in [-0.1, -0.05) is 30.3 Å². The van der Waals surface area contributed by atoms with E-state index in [1.807, 2.05) is 12.1 Å². The van der Waals surface area contributed by atoms with Crippen molar-refractivity contribution in [2.45, 2.75) is 18.3 Å². The predicted octanol–water partition coefficient (Wildman–Crippen LogP) is 2.21. The van der Waals surface area contributed by atoms with Crippen molar-refractivity contribution in [3.63, 3.8) is 0 Å². The van der Waals surface area contributed by atoms with E-state index in [0.29, 0.717) is 0 Å². The number of rotatable bonds is 3. The third-order valence-electron chi connectivity index (χ3n) is 3.59. The van der Waals surface area contributed by atoms with Gasteiger partial charge in [0, 0.05) is 6.20 Å².